The van der Waals surface area contributed by atoms with Crippen LogP contribution in [0.3, 0.4) is 0 Å². The second-order valence-corrected chi connectivity index (χ2v) is 15.1. The normalized spacial score (nSPS) is 20.2. The molecule has 0 aromatic rings. The summed E-state index contributed by atoms with van der Waals surface area (Å²) in [7, 11) is 0. The zero-order chi connectivity index (χ0) is 29.7. The highest BCUT2D eigenvalue weighted by molar-refractivity contribution is 4.92. The molecule has 0 unspecified atom stereocenters. The lowest BCUT2D eigenvalue weighted by Crippen LogP contribution is -2.50. The Morgan fingerprint density at radius 2 is 1.20 bits per heavy atom. The molecule has 2 saturated carbocycles. The van der Waals surface area contributed by atoms with E-state index >= 15 is 0 Å². The van der Waals surface area contributed by atoms with Gasteiger partial charge < -0.3 is 18.9 Å². The van der Waals surface area contributed by atoms with Crippen molar-refractivity contribution in [3.8, 4) is 0 Å². The van der Waals surface area contributed by atoms with Crippen LogP contribution >= 0.6 is 0 Å². The van der Waals surface area contributed by atoms with Gasteiger partial charge >= 0.3 is 0 Å². The summed E-state index contributed by atoms with van der Waals surface area (Å²) in [6.07, 6.45) is 11.1. The van der Waals surface area contributed by atoms with E-state index in [9.17, 15) is 0 Å². The molecule has 3 rings (SSSR count). The predicted octanol–water partition coefficient (Wildman–Crippen LogP) is 10.2. The molecule has 4 heteroatoms. The summed E-state index contributed by atoms with van der Waals surface area (Å²) in [5.41, 5.74) is 1.21. The lowest BCUT2D eigenvalue weighted by molar-refractivity contribution is -0.173. The van der Waals surface area contributed by atoms with Gasteiger partial charge in [0.15, 0.2) is 0 Å². The van der Waals surface area contributed by atoms with E-state index in [1.54, 1.807) is 0 Å². The molecule has 0 bridgehead atoms. The van der Waals surface area contributed by atoms with E-state index in [1.165, 1.54) is 51.4 Å². The molecule has 0 atom stereocenters. The zero-order valence-electron chi connectivity index (χ0n) is 28.5. The van der Waals surface area contributed by atoms with Crippen molar-refractivity contribution in [1.82, 2.24) is 0 Å². The topological polar surface area (TPSA) is 36.9 Å². The van der Waals surface area contributed by atoms with E-state index in [4.69, 9.17) is 18.9 Å². The van der Waals surface area contributed by atoms with E-state index in [0.29, 0.717) is 34.7 Å². The van der Waals surface area contributed by atoms with Gasteiger partial charge in [0, 0.05) is 25.2 Å². The lowest BCUT2D eigenvalue weighted by atomic mass is 9.60. The van der Waals surface area contributed by atoms with Gasteiger partial charge in [0.25, 0.3) is 0 Å². The molecule has 0 spiro atoms. The molecule has 1 saturated heterocycles. The quantitative estimate of drug-likeness (QED) is 0.196. The first kappa shape index (κ1) is 39.8. The maximum atomic E-state index is 6.04. The lowest BCUT2D eigenvalue weighted by Gasteiger charge is -2.45. The zero-order valence-corrected chi connectivity index (χ0v) is 28.5. The first-order valence-electron chi connectivity index (χ1n) is 16.6. The molecule has 0 amide bonds. The molecule has 40 heavy (non-hydrogen) atoms. The second kappa shape index (κ2) is 19.2. The van der Waals surface area contributed by atoms with Gasteiger partial charge in [0.1, 0.15) is 0 Å². The largest absolute Gasteiger partial charge is 0.380 e. The Balaban J connectivity index is 0.000000563. The highest BCUT2D eigenvalue weighted by Gasteiger charge is 2.42. The van der Waals surface area contributed by atoms with Gasteiger partial charge in [-0.1, -0.05) is 83.1 Å². The van der Waals surface area contributed by atoms with Gasteiger partial charge in [0.2, 0.25) is 0 Å². The maximum absolute atomic E-state index is 6.04. The average Bonchev–Trinajstić information content (AvgIpc) is 2.73. The molecule has 4 nitrogen and oxygen atoms in total. The van der Waals surface area contributed by atoms with Crippen LogP contribution in [0.1, 0.15) is 142 Å². The molecule has 0 radical (unpaired) electrons. The fourth-order valence-corrected chi connectivity index (χ4v) is 5.60. The Morgan fingerprint density at radius 1 is 0.650 bits per heavy atom. The second-order valence-electron chi connectivity index (χ2n) is 15.1. The SMILES string of the molecule is C.CC(C)CCOC1(C(C)C)CCC1.CC(C)COCC1(C(C)C)COC1.CC(C)OCCC1(C(C)C)CCC1. The minimum absolute atomic E-state index is 0. The van der Waals surface area contributed by atoms with Crippen molar-refractivity contribution in [3.63, 3.8) is 0 Å². The van der Waals surface area contributed by atoms with E-state index in [2.05, 4.69) is 83.1 Å². The standard InChI is InChI=1S/2C12H24O.C11H22O2.CH4/c1-10(2)6-9-13-12(11(3)4)7-5-8-12;1-10(2)12(6-5-7-12)8-9-13-11(3)4;1-9(2)5-12-6-11(10(3)4)7-13-8-11;/h2*10-11H,5-9H2,1-4H3;9-10H,5-8H2,1-4H3;1H4. The molecular formula is C36H74O4. The maximum Gasteiger partial charge on any atom is 0.0705 e. The summed E-state index contributed by atoms with van der Waals surface area (Å²) in [5.74, 6) is 3.58. The molecule has 0 aromatic heterocycles. The molecule has 1 aliphatic heterocycles. The Bertz CT molecular complexity index is 525. The minimum atomic E-state index is 0. The van der Waals surface area contributed by atoms with Crippen molar-refractivity contribution < 1.29 is 18.9 Å². The third-order valence-corrected chi connectivity index (χ3v) is 9.81. The fourth-order valence-electron chi connectivity index (χ4n) is 5.60. The number of hydrogen-bond donors (Lipinski definition) is 0. The van der Waals surface area contributed by atoms with Crippen LogP contribution < -0.4 is 0 Å². The first-order valence-corrected chi connectivity index (χ1v) is 16.6. The minimum Gasteiger partial charge on any atom is -0.380 e. The van der Waals surface area contributed by atoms with Crippen molar-refractivity contribution in [2.45, 2.75) is 154 Å². The van der Waals surface area contributed by atoms with Crippen LogP contribution in [0.25, 0.3) is 0 Å². The molecular weight excluding hydrogens is 496 g/mol. The summed E-state index contributed by atoms with van der Waals surface area (Å²) in [6.45, 7) is 32.3. The van der Waals surface area contributed by atoms with Crippen LogP contribution in [-0.4, -0.2) is 51.3 Å². The summed E-state index contributed by atoms with van der Waals surface area (Å²) in [4.78, 5) is 0. The van der Waals surface area contributed by atoms with Gasteiger partial charge in [0.05, 0.1) is 31.5 Å². The summed E-state index contributed by atoms with van der Waals surface area (Å²) < 4.78 is 22.6. The van der Waals surface area contributed by atoms with Crippen molar-refractivity contribution in [2.24, 2.45) is 40.4 Å². The molecule has 3 aliphatic rings. The summed E-state index contributed by atoms with van der Waals surface area (Å²) in [6, 6.07) is 0. The van der Waals surface area contributed by atoms with Crippen LogP contribution in [0.15, 0.2) is 0 Å². The number of rotatable bonds is 15. The Hall–Kier alpha value is -0.160. The predicted molar refractivity (Wildman–Crippen MR) is 174 cm³/mol. The van der Waals surface area contributed by atoms with Gasteiger partial charge in [-0.3, -0.25) is 0 Å². The van der Waals surface area contributed by atoms with Gasteiger partial charge in [-0.15, -0.1) is 0 Å². The van der Waals surface area contributed by atoms with Crippen molar-refractivity contribution in [3.05, 3.63) is 0 Å². The van der Waals surface area contributed by atoms with Crippen LogP contribution in [-0.2, 0) is 18.9 Å². The number of ether oxygens (including phenoxy) is 4. The Kier molecular flexibility index (Phi) is 19.1. The molecule has 0 aromatic carbocycles. The monoisotopic (exact) mass is 571 g/mol. The smallest absolute Gasteiger partial charge is 0.0705 e. The van der Waals surface area contributed by atoms with Crippen LogP contribution in [0.2, 0.25) is 0 Å². The van der Waals surface area contributed by atoms with E-state index in [1.807, 2.05) is 0 Å². The first-order chi connectivity index (χ1) is 18.2. The van der Waals surface area contributed by atoms with E-state index < -0.39 is 0 Å². The van der Waals surface area contributed by atoms with Crippen molar-refractivity contribution in [1.29, 1.82) is 0 Å². The van der Waals surface area contributed by atoms with Crippen molar-refractivity contribution in [2.75, 3.05) is 39.6 Å². The van der Waals surface area contributed by atoms with Crippen LogP contribution in [0.4, 0.5) is 0 Å². The third kappa shape index (κ3) is 13.0. The third-order valence-electron chi connectivity index (χ3n) is 9.81. The van der Waals surface area contributed by atoms with Gasteiger partial charge in [-0.05, 0) is 93.8 Å². The molecule has 3 fully saturated rings. The molecule has 242 valence electrons. The summed E-state index contributed by atoms with van der Waals surface area (Å²) in [5, 5.41) is 0. The van der Waals surface area contributed by atoms with Crippen LogP contribution in [0.5, 0.6) is 0 Å². The Morgan fingerprint density at radius 3 is 1.50 bits per heavy atom. The highest BCUT2D eigenvalue weighted by Crippen LogP contribution is 2.49. The molecule has 2 aliphatic carbocycles. The molecule has 1 heterocycles. The van der Waals surface area contributed by atoms with Crippen LogP contribution in [0, 0.1) is 40.4 Å². The van der Waals surface area contributed by atoms with E-state index in [0.717, 1.165) is 51.5 Å². The van der Waals surface area contributed by atoms with E-state index in [-0.39, 0.29) is 13.0 Å². The fraction of sp³-hybridized carbons (Fsp3) is 1.00. The molecule has 0 N–H and O–H groups in total. The summed E-state index contributed by atoms with van der Waals surface area (Å²) >= 11 is 0. The highest BCUT2D eigenvalue weighted by atomic mass is 16.5. The number of hydrogen-bond acceptors (Lipinski definition) is 4. The van der Waals surface area contributed by atoms with Gasteiger partial charge in [-0.2, -0.15) is 0 Å². The van der Waals surface area contributed by atoms with Gasteiger partial charge in [-0.25, -0.2) is 0 Å². The average molecular weight is 571 g/mol. The van der Waals surface area contributed by atoms with Crippen molar-refractivity contribution >= 4 is 0 Å². The Labute approximate surface area is 252 Å².